The van der Waals surface area contributed by atoms with Crippen LogP contribution in [0.2, 0.25) is 0 Å². The summed E-state index contributed by atoms with van der Waals surface area (Å²) in [5.41, 5.74) is 1.31. The van der Waals surface area contributed by atoms with E-state index < -0.39 is 5.92 Å². The molecule has 2 aliphatic rings. The first kappa shape index (κ1) is 20.7. The normalized spacial score (nSPS) is 20.2. The Morgan fingerprint density at radius 1 is 1.10 bits per heavy atom. The lowest BCUT2D eigenvalue weighted by Gasteiger charge is -2.23. The summed E-state index contributed by atoms with van der Waals surface area (Å²) >= 11 is 0. The number of carbonyl (C=O) groups is 2. The van der Waals surface area contributed by atoms with Crippen molar-refractivity contribution < 1.29 is 14.3 Å². The molecule has 162 valence electrons. The highest BCUT2D eigenvalue weighted by atomic mass is 16.5. The van der Waals surface area contributed by atoms with Gasteiger partial charge in [0.15, 0.2) is 6.61 Å². The summed E-state index contributed by atoms with van der Waals surface area (Å²) in [5, 5.41) is 6.10. The van der Waals surface area contributed by atoms with Crippen LogP contribution in [-0.2, 0) is 9.59 Å². The lowest BCUT2D eigenvalue weighted by molar-refractivity contribution is -0.132. The SMILES string of the molecule is CN1CCNc2ncnc3c2C(C=Nc2cccc(c2)OCC(=O)N(C)CC1)C(=O)N3. The van der Waals surface area contributed by atoms with Crippen LogP contribution in [0.4, 0.5) is 17.3 Å². The second kappa shape index (κ2) is 9.09. The van der Waals surface area contributed by atoms with E-state index in [1.54, 1.807) is 42.4 Å². The molecular weight excluding hydrogens is 398 g/mol. The molecule has 2 amide bonds. The zero-order chi connectivity index (χ0) is 21.8. The third kappa shape index (κ3) is 4.80. The molecule has 0 radical (unpaired) electrons. The number of rotatable bonds is 0. The molecule has 0 spiro atoms. The van der Waals surface area contributed by atoms with Gasteiger partial charge in [-0.1, -0.05) is 6.07 Å². The molecule has 2 N–H and O–H groups in total. The Bertz CT molecular complexity index is 1010. The van der Waals surface area contributed by atoms with Gasteiger partial charge in [0.2, 0.25) is 5.91 Å². The van der Waals surface area contributed by atoms with Crippen molar-refractivity contribution in [1.82, 2.24) is 19.8 Å². The molecule has 31 heavy (non-hydrogen) atoms. The van der Waals surface area contributed by atoms with Crippen molar-refractivity contribution in [3.05, 3.63) is 36.2 Å². The van der Waals surface area contributed by atoms with E-state index in [-0.39, 0.29) is 18.4 Å². The van der Waals surface area contributed by atoms with Gasteiger partial charge in [-0.2, -0.15) is 0 Å². The Morgan fingerprint density at radius 2 is 1.94 bits per heavy atom. The van der Waals surface area contributed by atoms with E-state index in [0.717, 1.165) is 13.1 Å². The Balaban J connectivity index is 1.64. The van der Waals surface area contributed by atoms with Crippen molar-refractivity contribution in [2.24, 2.45) is 4.99 Å². The van der Waals surface area contributed by atoms with E-state index >= 15 is 0 Å². The highest BCUT2D eigenvalue weighted by Crippen LogP contribution is 2.34. The summed E-state index contributed by atoms with van der Waals surface area (Å²) < 4.78 is 5.65. The second-order valence-corrected chi connectivity index (χ2v) is 7.56. The Labute approximate surface area is 180 Å². The number of ether oxygens (including phenoxy) is 1. The number of hydrogen-bond acceptors (Lipinski definition) is 8. The second-order valence-electron chi connectivity index (χ2n) is 7.56. The molecule has 3 heterocycles. The van der Waals surface area contributed by atoms with Crippen LogP contribution >= 0.6 is 0 Å². The summed E-state index contributed by atoms with van der Waals surface area (Å²) in [7, 11) is 3.76. The summed E-state index contributed by atoms with van der Waals surface area (Å²) in [5.74, 6) is 0.751. The van der Waals surface area contributed by atoms with Crippen molar-refractivity contribution in [1.29, 1.82) is 0 Å². The van der Waals surface area contributed by atoms with Crippen LogP contribution in [0.3, 0.4) is 0 Å². The number of likely N-dealkylation sites (N-methyl/N-ethyl adjacent to an activating group) is 2. The first-order valence-corrected chi connectivity index (χ1v) is 10.1. The lowest BCUT2D eigenvalue weighted by Crippen LogP contribution is -2.38. The third-order valence-corrected chi connectivity index (χ3v) is 5.30. The number of fused-ring (bicyclic) bond motifs is 2. The van der Waals surface area contributed by atoms with E-state index in [1.807, 2.05) is 7.05 Å². The Hall–Kier alpha value is -3.53. The largest absolute Gasteiger partial charge is 0.484 e. The fraction of sp³-hybridized carbons (Fsp3) is 0.381. The van der Waals surface area contributed by atoms with Crippen molar-refractivity contribution in [3.63, 3.8) is 0 Å². The summed E-state index contributed by atoms with van der Waals surface area (Å²) in [6.07, 6.45) is 3.01. The van der Waals surface area contributed by atoms with E-state index in [9.17, 15) is 9.59 Å². The van der Waals surface area contributed by atoms with Crippen LogP contribution in [0.25, 0.3) is 0 Å². The van der Waals surface area contributed by atoms with E-state index in [2.05, 4.69) is 30.5 Å². The molecule has 10 nitrogen and oxygen atoms in total. The molecule has 1 aromatic heterocycles. The van der Waals surface area contributed by atoms with Gasteiger partial charge < -0.3 is 25.2 Å². The molecule has 2 aromatic rings. The van der Waals surface area contributed by atoms with Gasteiger partial charge in [-0.25, -0.2) is 9.97 Å². The Morgan fingerprint density at radius 3 is 2.81 bits per heavy atom. The first-order valence-electron chi connectivity index (χ1n) is 10.1. The molecule has 1 aromatic carbocycles. The third-order valence-electron chi connectivity index (χ3n) is 5.30. The monoisotopic (exact) mass is 423 g/mol. The van der Waals surface area contributed by atoms with Gasteiger partial charge >= 0.3 is 0 Å². The minimum atomic E-state index is -0.602. The zero-order valence-electron chi connectivity index (χ0n) is 17.5. The van der Waals surface area contributed by atoms with Crippen molar-refractivity contribution >= 4 is 35.4 Å². The molecule has 2 bridgehead atoms. The standard InChI is InChI=1S/C21H25N7O3/c1-27-7-6-22-19-18-16(21(30)26-20(18)25-13-24-19)11-23-14-4-3-5-15(10-14)31-12-17(29)28(2)9-8-27/h3-5,10-11,13,16H,6-9,12H2,1-2H3,(H2,22,24,25,26,30). The van der Waals surface area contributed by atoms with Gasteiger partial charge in [0.1, 0.15) is 29.6 Å². The molecule has 2 aliphatic heterocycles. The highest BCUT2D eigenvalue weighted by molar-refractivity contribution is 6.13. The van der Waals surface area contributed by atoms with Crippen LogP contribution in [0.1, 0.15) is 11.5 Å². The first-order chi connectivity index (χ1) is 15.0. The summed E-state index contributed by atoms with van der Waals surface area (Å²) in [6, 6.07) is 7.10. The molecule has 4 rings (SSSR count). The number of hydrogen-bond donors (Lipinski definition) is 2. The minimum absolute atomic E-state index is 0.0476. The van der Waals surface area contributed by atoms with Crippen molar-refractivity contribution in [3.8, 4) is 5.75 Å². The summed E-state index contributed by atoms with van der Waals surface area (Å²) in [6.45, 7) is 2.62. The Kier molecular flexibility index (Phi) is 6.08. The molecular formula is C21H25N7O3. The molecule has 0 fully saturated rings. The van der Waals surface area contributed by atoms with Gasteiger partial charge in [0, 0.05) is 45.5 Å². The van der Waals surface area contributed by atoms with Crippen LogP contribution < -0.4 is 15.4 Å². The quantitative estimate of drug-likeness (QED) is 0.653. The maximum absolute atomic E-state index is 12.5. The van der Waals surface area contributed by atoms with Crippen LogP contribution in [0.5, 0.6) is 5.75 Å². The molecule has 10 heteroatoms. The fourth-order valence-corrected chi connectivity index (χ4v) is 3.39. The van der Waals surface area contributed by atoms with Gasteiger partial charge in [-0.05, 0) is 19.2 Å². The smallest absolute Gasteiger partial charge is 0.260 e. The predicted octanol–water partition coefficient (Wildman–Crippen LogP) is 1.11. The molecule has 1 atom stereocenters. The average molecular weight is 423 g/mol. The number of benzene rings is 1. The molecule has 0 saturated carbocycles. The highest BCUT2D eigenvalue weighted by Gasteiger charge is 2.33. The van der Waals surface area contributed by atoms with Crippen LogP contribution in [0.15, 0.2) is 35.6 Å². The number of anilines is 2. The van der Waals surface area contributed by atoms with Gasteiger partial charge in [0.25, 0.3) is 5.91 Å². The van der Waals surface area contributed by atoms with Crippen LogP contribution in [0, 0.1) is 0 Å². The fourth-order valence-electron chi connectivity index (χ4n) is 3.39. The van der Waals surface area contributed by atoms with Crippen LogP contribution in [-0.4, -0.2) is 84.7 Å². The van der Waals surface area contributed by atoms with E-state index in [1.165, 1.54) is 6.33 Å². The topological polar surface area (TPSA) is 112 Å². The number of nitrogens with one attached hydrogen (secondary N) is 2. The molecule has 0 aliphatic carbocycles. The van der Waals surface area contributed by atoms with Crippen molar-refractivity contribution in [2.75, 3.05) is 57.5 Å². The molecule has 1 unspecified atom stereocenters. The number of aliphatic imine (C=N–C) groups is 1. The predicted molar refractivity (Wildman–Crippen MR) is 117 cm³/mol. The minimum Gasteiger partial charge on any atom is -0.484 e. The summed E-state index contributed by atoms with van der Waals surface area (Å²) in [4.78, 5) is 41.7. The van der Waals surface area contributed by atoms with Crippen molar-refractivity contribution in [2.45, 2.75) is 5.92 Å². The zero-order valence-corrected chi connectivity index (χ0v) is 17.5. The van der Waals surface area contributed by atoms with E-state index in [4.69, 9.17) is 4.74 Å². The average Bonchev–Trinajstić information content (AvgIpc) is 3.09. The maximum atomic E-state index is 12.5. The number of carbonyl (C=O) groups excluding carboxylic acids is 2. The number of amides is 2. The molecule has 0 saturated heterocycles. The number of aromatic nitrogens is 2. The lowest BCUT2D eigenvalue weighted by atomic mass is 10.0. The van der Waals surface area contributed by atoms with Gasteiger partial charge in [0.05, 0.1) is 11.3 Å². The van der Waals surface area contributed by atoms with Gasteiger partial charge in [-0.3, -0.25) is 14.6 Å². The van der Waals surface area contributed by atoms with E-state index in [0.29, 0.717) is 41.7 Å². The maximum Gasteiger partial charge on any atom is 0.260 e. The number of nitrogens with zero attached hydrogens (tertiary/aromatic N) is 5. The van der Waals surface area contributed by atoms with Gasteiger partial charge in [-0.15, -0.1) is 0 Å².